The average Bonchev–Trinajstić information content (AvgIpc) is 2.31. The summed E-state index contributed by atoms with van der Waals surface area (Å²) >= 11 is 0. The summed E-state index contributed by atoms with van der Waals surface area (Å²) in [4.78, 5) is 29.3. The molecule has 0 aliphatic carbocycles. The van der Waals surface area contributed by atoms with Crippen molar-refractivity contribution in [2.24, 2.45) is 10.4 Å². The quantitative estimate of drug-likeness (QED) is 0.813. The lowest BCUT2D eigenvalue weighted by molar-refractivity contribution is -0.135. The molecule has 0 radical (unpaired) electrons. The highest BCUT2D eigenvalue weighted by atomic mass is 16.2. The second-order valence-electron chi connectivity index (χ2n) is 4.45. The summed E-state index contributed by atoms with van der Waals surface area (Å²) in [5, 5.41) is 2.72. The first-order chi connectivity index (χ1) is 8.03. The zero-order valence-corrected chi connectivity index (χ0v) is 11.0. The summed E-state index contributed by atoms with van der Waals surface area (Å²) in [5.41, 5.74) is -0.638. The maximum Gasteiger partial charge on any atom is 0.329 e. The molecule has 0 spiro atoms. The number of amidine groups is 1. The Hall–Kier alpha value is -1.39. The second kappa shape index (κ2) is 5.29. The highest BCUT2D eigenvalue weighted by molar-refractivity contribution is 6.20. The number of rotatable bonds is 4. The van der Waals surface area contributed by atoms with Gasteiger partial charge in [0, 0.05) is 14.1 Å². The molecule has 0 unspecified atom stereocenters. The normalized spacial score (nSPS) is 21.9. The molecule has 1 fully saturated rings. The van der Waals surface area contributed by atoms with E-state index in [0.29, 0.717) is 5.84 Å². The van der Waals surface area contributed by atoms with Crippen LogP contribution in [0.5, 0.6) is 0 Å². The van der Waals surface area contributed by atoms with Crippen LogP contribution < -0.4 is 5.32 Å². The highest BCUT2D eigenvalue weighted by Crippen LogP contribution is 2.35. The molecular weight excluding hydrogens is 218 g/mol. The smallest absolute Gasteiger partial charge is 0.295 e. The van der Waals surface area contributed by atoms with Crippen LogP contribution in [0.3, 0.4) is 0 Å². The van der Waals surface area contributed by atoms with Crippen molar-refractivity contribution in [3.63, 3.8) is 0 Å². The van der Waals surface area contributed by atoms with Crippen LogP contribution in [0.4, 0.5) is 4.79 Å². The number of carbonyl (C=O) groups is 2. The number of aliphatic imine (C=N–C) groups is 1. The van der Waals surface area contributed by atoms with Gasteiger partial charge in [0.25, 0.3) is 0 Å². The van der Waals surface area contributed by atoms with E-state index < -0.39 is 11.4 Å². The molecule has 5 nitrogen and oxygen atoms in total. The van der Waals surface area contributed by atoms with Gasteiger partial charge in [0.15, 0.2) is 0 Å². The third kappa shape index (κ3) is 2.18. The number of imide groups is 1. The van der Waals surface area contributed by atoms with Crippen molar-refractivity contribution in [1.82, 2.24) is 10.2 Å². The van der Waals surface area contributed by atoms with Crippen molar-refractivity contribution < 1.29 is 9.59 Å². The Morgan fingerprint density at radius 3 is 2.18 bits per heavy atom. The Bertz CT molecular complexity index is 344. The van der Waals surface area contributed by atoms with Gasteiger partial charge in [0.2, 0.25) is 5.91 Å². The van der Waals surface area contributed by atoms with E-state index in [2.05, 4.69) is 10.3 Å². The molecule has 1 saturated heterocycles. The van der Waals surface area contributed by atoms with Crippen LogP contribution in [-0.2, 0) is 4.79 Å². The maximum atomic E-state index is 12.4. The van der Waals surface area contributed by atoms with Crippen molar-refractivity contribution >= 4 is 17.8 Å². The molecule has 0 aromatic rings. The summed E-state index contributed by atoms with van der Waals surface area (Å²) in [6, 6.07) is -0.390. The summed E-state index contributed by atoms with van der Waals surface area (Å²) < 4.78 is 0. The largest absolute Gasteiger partial charge is 0.329 e. The lowest BCUT2D eigenvalue weighted by Crippen LogP contribution is -2.62. The van der Waals surface area contributed by atoms with Crippen LogP contribution in [0.1, 0.15) is 39.5 Å². The zero-order valence-electron chi connectivity index (χ0n) is 11.0. The van der Waals surface area contributed by atoms with E-state index in [0.717, 1.165) is 25.7 Å². The van der Waals surface area contributed by atoms with E-state index in [1.165, 1.54) is 11.9 Å². The molecule has 0 saturated carbocycles. The van der Waals surface area contributed by atoms with Gasteiger partial charge in [-0.2, -0.15) is 0 Å². The van der Waals surface area contributed by atoms with Gasteiger partial charge in [-0.15, -0.1) is 0 Å². The van der Waals surface area contributed by atoms with Crippen molar-refractivity contribution in [3.8, 4) is 0 Å². The summed E-state index contributed by atoms with van der Waals surface area (Å²) in [7, 11) is 3.14. The van der Waals surface area contributed by atoms with Crippen LogP contribution in [0, 0.1) is 5.41 Å². The molecule has 3 amide bonds. The molecule has 1 rings (SSSR count). The number of nitrogens with one attached hydrogen (secondary N) is 1. The van der Waals surface area contributed by atoms with Crippen LogP contribution in [0.2, 0.25) is 0 Å². The van der Waals surface area contributed by atoms with Gasteiger partial charge in [-0.3, -0.25) is 20.0 Å². The van der Waals surface area contributed by atoms with Gasteiger partial charge in [-0.25, -0.2) is 4.79 Å². The monoisotopic (exact) mass is 239 g/mol. The first kappa shape index (κ1) is 13.7. The predicted molar refractivity (Wildman–Crippen MR) is 66.9 cm³/mol. The van der Waals surface area contributed by atoms with Gasteiger partial charge in [-0.05, 0) is 12.8 Å². The SMILES string of the molecule is CCCC1(CCC)C(=O)N(C)C(=O)NC1=NC. The average molecular weight is 239 g/mol. The first-order valence-electron chi connectivity index (χ1n) is 6.09. The minimum atomic E-state index is -0.638. The number of hydrogen-bond acceptors (Lipinski definition) is 3. The van der Waals surface area contributed by atoms with E-state index in [1.54, 1.807) is 7.05 Å². The Morgan fingerprint density at radius 2 is 1.76 bits per heavy atom. The fourth-order valence-corrected chi connectivity index (χ4v) is 2.52. The molecular formula is C12H21N3O2. The number of urea groups is 1. The van der Waals surface area contributed by atoms with E-state index in [9.17, 15) is 9.59 Å². The van der Waals surface area contributed by atoms with Gasteiger partial charge in [0.05, 0.1) is 0 Å². The Morgan fingerprint density at radius 1 is 1.24 bits per heavy atom. The Kier molecular flexibility index (Phi) is 4.26. The Balaban J connectivity index is 3.20. The van der Waals surface area contributed by atoms with E-state index >= 15 is 0 Å². The number of amides is 3. The van der Waals surface area contributed by atoms with Crippen LogP contribution in [-0.4, -0.2) is 36.8 Å². The van der Waals surface area contributed by atoms with E-state index in [-0.39, 0.29) is 5.91 Å². The first-order valence-corrected chi connectivity index (χ1v) is 6.09. The van der Waals surface area contributed by atoms with Crippen LogP contribution in [0.25, 0.3) is 0 Å². The molecule has 96 valence electrons. The number of hydrogen-bond donors (Lipinski definition) is 1. The molecule has 0 aromatic heterocycles. The second-order valence-corrected chi connectivity index (χ2v) is 4.45. The van der Waals surface area contributed by atoms with Gasteiger partial charge >= 0.3 is 6.03 Å². The maximum absolute atomic E-state index is 12.4. The van der Waals surface area contributed by atoms with E-state index in [4.69, 9.17) is 0 Å². The molecule has 1 heterocycles. The molecule has 5 heteroatoms. The third-order valence-corrected chi connectivity index (χ3v) is 3.27. The van der Waals surface area contributed by atoms with Gasteiger partial charge < -0.3 is 0 Å². The lowest BCUT2D eigenvalue weighted by atomic mass is 9.75. The molecule has 0 atom stereocenters. The number of carbonyl (C=O) groups excluding carboxylic acids is 2. The zero-order chi connectivity index (χ0) is 13.1. The standard InChI is InChI=1S/C12H21N3O2/c1-5-7-12(8-6-2)9(13-3)14-11(17)15(4)10(12)16/h5-8H2,1-4H3,(H,13,14,17). The van der Waals surface area contributed by atoms with Gasteiger partial charge in [-0.1, -0.05) is 26.7 Å². The molecule has 0 aromatic carbocycles. The number of nitrogens with zero attached hydrogens (tertiary/aromatic N) is 2. The summed E-state index contributed by atoms with van der Waals surface area (Å²) in [6.45, 7) is 4.07. The third-order valence-electron chi connectivity index (χ3n) is 3.27. The van der Waals surface area contributed by atoms with Gasteiger partial charge in [0.1, 0.15) is 11.3 Å². The highest BCUT2D eigenvalue weighted by Gasteiger charge is 2.49. The molecule has 1 aliphatic rings. The van der Waals surface area contributed by atoms with E-state index in [1.807, 2.05) is 13.8 Å². The minimum absolute atomic E-state index is 0.134. The van der Waals surface area contributed by atoms with Crippen molar-refractivity contribution in [3.05, 3.63) is 0 Å². The fraction of sp³-hybridized carbons (Fsp3) is 0.750. The Labute approximate surface area is 102 Å². The lowest BCUT2D eigenvalue weighted by Gasteiger charge is -2.40. The molecule has 17 heavy (non-hydrogen) atoms. The summed E-state index contributed by atoms with van der Waals surface area (Å²) in [5.74, 6) is 0.389. The van der Waals surface area contributed by atoms with Crippen molar-refractivity contribution in [1.29, 1.82) is 0 Å². The molecule has 0 bridgehead atoms. The van der Waals surface area contributed by atoms with Crippen LogP contribution >= 0.6 is 0 Å². The van der Waals surface area contributed by atoms with Crippen molar-refractivity contribution in [2.75, 3.05) is 14.1 Å². The van der Waals surface area contributed by atoms with Crippen LogP contribution in [0.15, 0.2) is 4.99 Å². The van der Waals surface area contributed by atoms with Crippen molar-refractivity contribution in [2.45, 2.75) is 39.5 Å². The fourth-order valence-electron chi connectivity index (χ4n) is 2.52. The summed E-state index contributed by atoms with van der Waals surface area (Å²) in [6.07, 6.45) is 3.21. The predicted octanol–water partition coefficient (Wildman–Crippen LogP) is 1.78. The molecule has 1 N–H and O–H groups in total. The topological polar surface area (TPSA) is 61.8 Å². The minimum Gasteiger partial charge on any atom is -0.295 e. The molecule has 1 aliphatic heterocycles.